The quantitative estimate of drug-likeness (QED) is 0.190. The lowest BCUT2D eigenvalue weighted by molar-refractivity contribution is 0.100. The van der Waals surface area contributed by atoms with Crippen LogP contribution in [-0.2, 0) is 0 Å². The minimum Gasteiger partial charge on any atom is -0.267 e. The van der Waals surface area contributed by atoms with Crippen LogP contribution >= 0.6 is 45.8 Å². The van der Waals surface area contributed by atoms with Crippen molar-refractivity contribution in [2.24, 2.45) is 15.2 Å². The van der Waals surface area contributed by atoms with E-state index in [2.05, 4.69) is 48.6 Å². The van der Waals surface area contributed by atoms with Crippen molar-refractivity contribution in [1.82, 2.24) is 10.9 Å². The summed E-state index contributed by atoms with van der Waals surface area (Å²) < 4.78 is 1.02. The smallest absolute Gasteiger partial charge is 0.267 e. The largest absolute Gasteiger partial charge is 0.280 e. The van der Waals surface area contributed by atoms with Gasteiger partial charge in [-0.1, -0.05) is 47.5 Å². The molecule has 0 radical (unpaired) electrons. The van der Waals surface area contributed by atoms with E-state index in [0.29, 0.717) is 15.6 Å². The van der Waals surface area contributed by atoms with Crippen LogP contribution in [0.25, 0.3) is 0 Å². The summed E-state index contributed by atoms with van der Waals surface area (Å²) in [6, 6.07) is 21.4. The van der Waals surface area contributed by atoms with E-state index >= 15 is 0 Å². The molecule has 3 aromatic rings. The van der Waals surface area contributed by atoms with Crippen molar-refractivity contribution in [1.29, 1.82) is 0 Å². The van der Waals surface area contributed by atoms with Gasteiger partial charge in [-0.15, -0.1) is 0 Å². The third kappa shape index (κ3) is 7.78. The van der Waals surface area contributed by atoms with Crippen LogP contribution in [0.15, 0.2) is 88.0 Å². The zero-order valence-corrected chi connectivity index (χ0v) is 19.6. The first-order valence-corrected chi connectivity index (χ1v) is 10.8. The number of halogens is 3. The number of amides is 1. The van der Waals surface area contributed by atoms with Gasteiger partial charge in [0.25, 0.3) is 5.91 Å². The Bertz CT molecular complexity index is 1050. The van der Waals surface area contributed by atoms with Crippen molar-refractivity contribution in [3.8, 4) is 0 Å². The van der Waals surface area contributed by atoms with Crippen molar-refractivity contribution < 1.29 is 4.79 Å². The van der Waals surface area contributed by atoms with Crippen molar-refractivity contribution >= 4 is 70.1 Å². The summed E-state index contributed by atoms with van der Waals surface area (Å²) in [7, 11) is 0. The molecule has 9 heteroatoms. The lowest BCUT2D eigenvalue weighted by Crippen LogP contribution is -2.32. The average molecular weight is 564 g/mol. The molecule has 0 aromatic heterocycles. The molecule has 0 aliphatic carbocycles. The molecule has 0 saturated carbocycles. The number of aliphatic imine (C=N–C) groups is 1. The molecule has 3 aromatic carbocycles. The highest BCUT2D eigenvalue weighted by Gasteiger charge is 2.06. The van der Waals surface area contributed by atoms with Gasteiger partial charge in [-0.25, -0.2) is 10.9 Å². The number of hydrazone groups is 2. The maximum absolute atomic E-state index is 12.5. The Balaban J connectivity index is 1.74. The van der Waals surface area contributed by atoms with E-state index in [1.54, 1.807) is 48.8 Å². The summed E-state index contributed by atoms with van der Waals surface area (Å²) in [6.07, 6.45) is 3.15. The number of carbonyl (C=O) groups excluding carboxylic acids is 1. The maximum Gasteiger partial charge on any atom is 0.280 e. The van der Waals surface area contributed by atoms with Gasteiger partial charge in [-0.3, -0.25) is 4.79 Å². The molecule has 2 N–H and O–H groups in total. The van der Waals surface area contributed by atoms with Crippen LogP contribution in [0.4, 0.5) is 0 Å². The number of hydrogen-bond donors (Lipinski definition) is 2. The third-order valence-electron chi connectivity index (χ3n) is 3.81. The molecule has 3 rings (SSSR count). The molecule has 6 nitrogen and oxygen atoms in total. The predicted molar refractivity (Wildman–Crippen MR) is 135 cm³/mol. The molecule has 0 bridgehead atoms. The van der Waals surface area contributed by atoms with Gasteiger partial charge in [-0.05, 0) is 82.2 Å². The van der Waals surface area contributed by atoms with Crippen LogP contribution in [0.1, 0.15) is 21.5 Å². The van der Waals surface area contributed by atoms with E-state index in [4.69, 9.17) is 23.2 Å². The van der Waals surface area contributed by atoms with Crippen LogP contribution in [0.2, 0.25) is 10.0 Å². The highest BCUT2D eigenvalue weighted by molar-refractivity contribution is 14.1. The summed E-state index contributed by atoms with van der Waals surface area (Å²) in [6.45, 7) is 0. The minimum absolute atomic E-state index is 0.0685. The Hall–Kier alpha value is -2.75. The van der Waals surface area contributed by atoms with Crippen LogP contribution in [0.5, 0.6) is 0 Å². The van der Waals surface area contributed by atoms with Gasteiger partial charge in [0.15, 0.2) is 0 Å². The number of carbonyl (C=O) groups is 1. The molecule has 1 amide bonds. The molecule has 0 fully saturated rings. The Morgan fingerprint density at radius 1 is 0.742 bits per heavy atom. The lowest BCUT2D eigenvalue weighted by atomic mass is 10.2. The normalized spacial score (nSPS) is 10.9. The molecule has 0 atom stereocenters. The molecule has 156 valence electrons. The van der Waals surface area contributed by atoms with Gasteiger partial charge in [0, 0.05) is 19.2 Å². The Labute approximate surface area is 203 Å². The first-order chi connectivity index (χ1) is 15.0. The third-order valence-corrected chi connectivity index (χ3v) is 5.04. The van der Waals surface area contributed by atoms with E-state index in [0.717, 1.165) is 14.7 Å². The molecular weight excluding hydrogens is 548 g/mol. The number of guanidine groups is 1. The standard InChI is InChI=1S/C22H16Cl2IN5O/c23-18-7-1-15(2-8-18)13-26-29-22(28-21(31)17-5-11-20(25)12-6-17)30-27-14-16-3-9-19(24)10-4-16/h1-14H,(H2,28,29,30,31)/b26-13+,27-14+. The maximum atomic E-state index is 12.5. The topological polar surface area (TPSA) is 78.2 Å². The van der Waals surface area contributed by atoms with Crippen LogP contribution in [0, 0.1) is 3.57 Å². The molecule has 0 spiro atoms. The second kappa shape index (κ2) is 11.6. The number of benzene rings is 3. The van der Waals surface area contributed by atoms with Crippen molar-refractivity contribution in [2.75, 3.05) is 0 Å². The van der Waals surface area contributed by atoms with E-state index in [1.807, 2.05) is 36.4 Å². The highest BCUT2D eigenvalue weighted by atomic mass is 127. The van der Waals surface area contributed by atoms with Gasteiger partial charge in [0.1, 0.15) is 0 Å². The molecule has 0 heterocycles. The fraction of sp³-hybridized carbons (Fsp3) is 0. The fourth-order valence-electron chi connectivity index (χ4n) is 2.27. The number of nitrogens with zero attached hydrogens (tertiary/aromatic N) is 3. The number of nitrogens with one attached hydrogen (secondary N) is 2. The summed E-state index contributed by atoms with van der Waals surface area (Å²) in [4.78, 5) is 16.6. The first kappa shape index (κ1) is 22.9. The molecule has 0 unspecified atom stereocenters. The van der Waals surface area contributed by atoms with Crippen molar-refractivity contribution in [2.45, 2.75) is 0 Å². The molecule has 0 aliphatic heterocycles. The Morgan fingerprint density at radius 3 is 1.65 bits per heavy atom. The Morgan fingerprint density at radius 2 is 1.19 bits per heavy atom. The second-order valence-corrected chi connectivity index (χ2v) is 8.23. The Kier molecular flexibility index (Phi) is 8.57. The highest BCUT2D eigenvalue weighted by Crippen LogP contribution is 2.09. The molecule has 0 aliphatic rings. The van der Waals surface area contributed by atoms with Crippen LogP contribution in [0.3, 0.4) is 0 Å². The van der Waals surface area contributed by atoms with Gasteiger partial charge >= 0.3 is 0 Å². The average Bonchev–Trinajstić information content (AvgIpc) is 2.77. The lowest BCUT2D eigenvalue weighted by Gasteiger charge is -2.05. The zero-order valence-electron chi connectivity index (χ0n) is 16.0. The van der Waals surface area contributed by atoms with Crippen LogP contribution < -0.4 is 10.9 Å². The predicted octanol–water partition coefficient (Wildman–Crippen LogP) is 5.34. The summed E-state index contributed by atoms with van der Waals surface area (Å²) in [5, 5.41) is 9.49. The van der Waals surface area contributed by atoms with E-state index in [-0.39, 0.29) is 5.96 Å². The first-order valence-electron chi connectivity index (χ1n) is 8.97. The molecule has 0 saturated heterocycles. The number of hydrogen-bond acceptors (Lipinski definition) is 3. The number of rotatable bonds is 5. The fourth-order valence-corrected chi connectivity index (χ4v) is 2.88. The van der Waals surface area contributed by atoms with Crippen molar-refractivity contribution in [3.63, 3.8) is 0 Å². The zero-order chi connectivity index (χ0) is 22.1. The summed E-state index contributed by atoms with van der Waals surface area (Å²) in [5.41, 5.74) is 7.51. The van der Waals surface area contributed by atoms with Gasteiger partial charge < -0.3 is 0 Å². The van der Waals surface area contributed by atoms with Gasteiger partial charge in [-0.2, -0.15) is 15.2 Å². The SMILES string of the molecule is O=C(N=C(N/N=C/c1ccc(Cl)cc1)N/N=C/c1ccc(Cl)cc1)c1ccc(I)cc1. The minimum atomic E-state index is -0.435. The van der Waals surface area contributed by atoms with Gasteiger partial charge in [0.05, 0.1) is 12.4 Å². The second-order valence-electron chi connectivity index (χ2n) is 6.12. The monoisotopic (exact) mass is 563 g/mol. The molecule has 31 heavy (non-hydrogen) atoms. The van der Waals surface area contributed by atoms with Crippen LogP contribution in [-0.4, -0.2) is 24.3 Å². The van der Waals surface area contributed by atoms with Crippen molar-refractivity contribution in [3.05, 3.63) is 103 Å². The van der Waals surface area contributed by atoms with E-state index < -0.39 is 5.91 Å². The summed E-state index contributed by atoms with van der Waals surface area (Å²) in [5.74, 6) is -0.367. The molecular formula is C22H16Cl2IN5O. The summed E-state index contributed by atoms with van der Waals surface area (Å²) >= 11 is 13.9. The van der Waals surface area contributed by atoms with Gasteiger partial charge in [0.2, 0.25) is 5.96 Å². The van der Waals surface area contributed by atoms with E-state index in [1.165, 1.54) is 0 Å². The van der Waals surface area contributed by atoms with E-state index in [9.17, 15) is 4.79 Å².